The minimum atomic E-state index is -0.615. The van der Waals surface area contributed by atoms with E-state index in [9.17, 15) is 4.79 Å². The number of rotatable bonds is 9. The van der Waals surface area contributed by atoms with Crippen LogP contribution in [-0.4, -0.2) is 29.9 Å². The van der Waals surface area contributed by atoms with Gasteiger partial charge in [0.15, 0.2) is 0 Å². The van der Waals surface area contributed by atoms with Crippen LogP contribution in [0.3, 0.4) is 0 Å². The normalized spacial score (nSPS) is 14.2. The Morgan fingerprint density at radius 3 is 2.76 bits per heavy atom. The molecule has 0 aliphatic heterocycles. The zero-order chi connectivity index (χ0) is 15.9. The summed E-state index contributed by atoms with van der Waals surface area (Å²) in [4.78, 5) is 13.3. The lowest BCUT2D eigenvalue weighted by atomic mass is 9.95. The molecule has 0 amide bonds. The van der Waals surface area contributed by atoms with Gasteiger partial charge in [-0.1, -0.05) is 0 Å². The van der Waals surface area contributed by atoms with Crippen LogP contribution in [0.1, 0.15) is 46.3 Å². The summed E-state index contributed by atoms with van der Waals surface area (Å²) in [6, 6.07) is 2.22. The molecule has 0 saturated heterocycles. The van der Waals surface area contributed by atoms with Crippen molar-refractivity contribution in [1.82, 2.24) is 5.32 Å². The summed E-state index contributed by atoms with van der Waals surface area (Å²) in [6.45, 7) is 10.2. The number of furan rings is 1. The Morgan fingerprint density at radius 2 is 2.24 bits per heavy atom. The molecule has 0 bridgehead atoms. The molecule has 0 radical (unpaired) electrons. The van der Waals surface area contributed by atoms with Gasteiger partial charge in [0.1, 0.15) is 11.3 Å². The molecule has 21 heavy (non-hydrogen) atoms. The van der Waals surface area contributed by atoms with E-state index in [0.717, 1.165) is 24.4 Å². The van der Waals surface area contributed by atoms with Gasteiger partial charge in [0.05, 0.1) is 12.9 Å². The van der Waals surface area contributed by atoms with Crippen LogP contribution in [0, 0.1) is 6.92 Å². The monoisotopic (exact) mass is 313 g/mol. The second-order valence-corrected chi connectivity index (χ2v) is 6.78. The standard InChI is InChI=1S/C16H27NO3S/c1-6-19-15(18)16(5,17-12(2)3)9-7-11-21-14-8-10-20-13(14)4/h8,10,12,17H,6-7,9,11H2,1-5H3. The lowest BCUT2D eigenvalue weighted by Crippen LogP contribution is -2.53. The van der Waals surface area contributed by atoms with E-state index in [2.05, 4.69) is 5.32 Å². The molecule has 4 nitrogen and oxygen atoms in total. The molecule has 0 aliphatic rings. The molecule has 1 heterocycles. The Balaban J connectivity index is 2.49. The van der Waals surface area contributed by atoms with E-state index in [1.54, 1.807) is 18.0 Å². The van der Waals surface area contributed by atoms with Crippen LogP contribution in [0.2, 0.25) is 0 Å². The number of thioether (sulfide) groups is 1. The highest BCUT2D eigenvalue weighted by atomic mass is 32.2. The summed E-state index contributed by atoms with van der Waals surface area (Å²) < 4.78 is 10.5. The van der Waals surface area contributed by atoms with Crippen LogP contribution < -0.4 is 5.32 Å². The largest absolute Gasteiger partial charge is 0.468 e. The highest BCUT2D eigenvalue weighted by Gasteiger charge is 2.34. The van der Waals surface area contributed by atoms with Gasteiger partial charge in [0, 0.05) is 10.9 Å². The maximum absolute atomic E-state index is 12.2. The van der Waals surface area contributed by atoms with Gasteiger partial charge >= 0.3 is 5.97 Å². The molecule has 0 saturated carbocycles. The Morgan fingerprint density at radius 1 is 1.52 bits per heavy atom. The fourth-order valence-corrected chi connectivity index (χ4v) is 3.20. The van der Waals surface area contributed by atoms with Crippen LogP contribution in [0.4, 0.5) is 0 Å². The zero-order valence-electron chi connectivity index (χ0n) is 13.7. The lowest BCUT2D eigenvalue weighted by Gasteiger charge is -2.30. The molecular formula is C16H27NO3S. The van der Waals surface area contributed by atoms with Gasteiger partial charge in [0.2, 0.25) is 0 Å². The number of aryl methyl sites for hydroxylation is 1. The number of nitrogens with one attached hydrogen (secondary N) is 1. The van der Waals surface area contributed by atoms with Crippen molar-refractivity contribution in [2.45, 2.75) is 63.9 Å². The highest BCUT2D eigenvalue weighted by Crippen LogP contribution is 2.25. The van der Waals surface area contributed by atoms with Gasteiger partial charge in [-0.05, 0) is 59.3 Å². The van der Waals surface area contributed by atoms with Gasteiger partial charge in [-0.2, -0.15) is 0 Å². The first-order chi connectivity index (χ1) is 9.89. The van der Waals surface area contributed by atoms with Crippen molar-refractivity contribution in [3.63, 3.8) is 0 Å². The first-order valence-corrected chi connectivity index (χ1v) is 8.49. The summed E-state index contributed by atoms with van der Waals surface area (Å²) in [5.74, 6) is 1.74. The number of ether oxygens (including phenoxy) is 1. The Hall–Kier alpha value is -0.940. The van der Waals surface area contributed by atoms with E-state index in [1.165, 1.54) is 4.90 Å². The van der Waals surface area contributed by atoms with E-state index in [4.69, 9.17) is 9.15 Å². The molecule has 1 atom stereocenters. The molecular weight excluding hydrogens is 286 g/mol. The molecule has 1 aromatic rings. The van der Waals surface area contributed by atoms with Crippen molar-refractivity contribution in [3.05, 3.63) is 18.1 Å². The molecule has 0 aliphatic carbocycles. The highest BCUT2D eigenvalue weighted by molar-refractivity contribution is 7.99. The molecule has 1 rings (SSSR count). The van der Waals surface area contributed by atoms with Gasteiger partial charge in [-0.15, -0.1) is 11.8 Å². The minimum Gasteiger partial charge on any atom is -0.468 e. The van der Waals surface area contributed by atoms with Gasteiger partial charge in [-0.3, -0.25) is 10.1 Å². The Labute approximate surface area is 132 Å². The van der Waals surface area contributed by atoms with E-state index in [1.807, 2.05) is 40.7 Å². The smallest absolute Gasteiger partial charge is 0.326 e. The molecule has 1 unspecified atom stereocenters. The Bertz CT molecular complexity index is 444. The molecule has 0 spiro atoms. The van der Waals surface area contributed by atoms with Crippen molar-refractivity contribution in [3.8, 4) is 0 Å². The topological polar surface area (TPSA) is 51.5 Å². The van der Waals surface area contributed by atoms with Crippen LogP contribution in [0.5, 0.6) is 0 Å². The van der Waals surface area contributed by atoms with Crippen molar-refractivity contribution < 1.29 is 13.9 Å². The lowest BCUT2D eigenvalue weighted by molar-refractivity contribution is -0.151. The third-order valence-corrected chi connectivity index (χ3v) is 4.45. The van der Waals surface area contributed by atoms with E-state index >= 15 is 0 Å². The molecule has 1 aromatic heterocycles. The summed E-state index contributed by atoms with van der Waals surface area (Å²) in [5, 5.41) is 3.34. The first kappa shape index (κ1) is 18.1. The second-order valence-electron chi connectivity index (χ2n) is 5.64. The maximum atomic E-state index is 12.2. The third kappa shape index (κ3) is 5.75. The van der Waals surface area contributed by atoms with Crippen molar-refractivity contribution >= 4 is 17.7 Å². The zero-order valence-corrected chi connectivity index (χ0v) is 14.5. The van der Waals surface area contributed by atoms with Crippen LogP contribution >= 0.6 is 11.8 Å². The third-order valence-electron chi connectivity index (χ3n) is 3.22. The van der Waals surface area contributed by atoms with Crippen molar-refractivity contribution in [2.24, 2.45) is 0 Å². The number of carbonyl (C=O) groups excluding carboxylic acids is 1. The van der Waals surface area contributed by atoms with Gasteiger partial charge in [-0.25, -0.2) is 0 Å². The minimum absolute atomic E-state index is 0.164. The van der Waals surface area contributed by atoms with Crippen molar-refractivity contribution in [1.29, 1.82) is 0 Å². The average Bonchev–Trinajstić information content (AvgIpc) is 2.80. The number of esters is 1. The summed E-state index contributed by atoms with van der Waals surface area (Å²) >= 11 is 1.76. The van der Waals surface area contributed by atoms with Crippen molar-refractivity contribution in [2.75, 3.05) is 12.4 Å². The Kier molecular flexibility index (Phi) is 7.32. The first-order valence-electron chi connectivity index (χ1n) is 7.51. The quantitative estimate of drug-likeness (QED) is 0.427. The molecule has 0 aromatic carbocycles. The molecule has 1 N–H and O–H groups in total. The molecule has 5 heteroatoms. The van der Waals surface area contributed by atoms with Crippen LogP contribution in [0.15, 0.2) is 21.6 Å². The maximum Gasteiger partial charge on any atom is 0.326 e. The summed E-state index contributed by atoms with van der Waals surface area (Å²) in [6.07, 6.45) is 3.40. The van der Waals surface area contributed by atoms with Crippen LogP contribution in [0.25, 0.3) is 0 Å². The van der Waals surface area contributed by atoms with Crippen LogP contribution in [-0.2, 0) is 9.53 Å². The van der Waals surface area contributed by atoms with Gasteiger partial charge < -0.3 is 9.15 Å². The predicted molar refractivity (Wildman–Crippen MR) is 86.7 cm³/mol. The SMILES string of the molecule is CCOC(=O)C(C)(CCCSc1ccoc1C)NC(C)C. The second kappa shape index (κ2) is 8.49. The van der Waals surface area contributed by atoms with E-state index in [-0.39, 0.29) is 12.0 Å². The van der Waals surface area contributed by atoms with Gasteiger partial charge in [0.25, 0.3) is 0 Å². The molecule has 120 valence electrons. The summed E-state index contributed by atoms with van der Waals surface area (Å²) in [7, 11) is 0. The molecule has 0 fully saturated rings. The number of hydrogen-bond donors (Lipinski definition) is 1. The number of hydrogen-bond acceptors (Lipinski definition) is 5. The average molecular weight is 313 g/mol. The fourth-order valence-electron chi connectivity index (χ4n) is 2.29. The number of carbonyl (C=O) groups is 1. The predicted octanol–water partition coefficient (Wildman–Crippen LogP) is 3.78. The van der Waals surface area contributed by atoms with E-state index in [0.29, 0.717) is 6.61 Å². The van der Waals surface area contributed by atoms with E-state index < -0.39 is 5.54 Å². The fraction of sp³-hybridized carbons (Fsp3) is 0.688. The summed E-state index contributed by atoms with van der Waals surface area (Å²) in [5.41, 5.74) is -0.615.